The van der Waals surface area contributed by atoms with E-state index in [1.165, 1.54) is 12.8 Å². The van der Waals surface area contributed by atoms with Gasteiger partial charge in [-0.05, 0) is 25.7 Å². The second-order valence-corrected chi connectivity index (χ2v) is 6.67. The number of rotatable bonds is 12. The maximum Gasteiger partial charge on any atom is 0.330 e. The first-order valence-corrected chi connectivity index (χ1v) is 10.9. The molecular formula is C23H38O9. The molecule has 0 unspecified atom stereocenters. The molecule has 0 atom stereocenters. The molecule has 1 aliphatic carbocycles. The molecule has 0 aromatic rings. The minimum Gasteiger partial charge on any atom is -0.462 e. The van der Waals surface area contributed by atoms with Crippen molar-refractivity contribution < 1.29 is 43.6 Å². The Morgan fingerprint density at radius 2 is 1.28 bits per heavy atom. The molecule has 1 saturated carbocycles. The molecule has 0 amide bonds. The van der Waals surface area contributed by atoms with Gasteiger partial charge < -0.3 is 24.4 Å². The van der Waals surface area contributed by atoms with Gasteiger partial charge in [-0.15, -0.1) is 0 Å². The van der Waals surface area contributed by atoms with Gasteiger partial charge in [0.15, 0.2) is 0 Å². The van der Waals surface area contributed by atoms with Crippen molar-refractivity contribution in [2.24, 2.45) is 0 Å². The maximum atomic E-state index is 11.1. The molecular weight excluding hydrogens is 420 g/mol. The molecule has 0 aromatic carbocycles. The molecule has 2 N–H and O–H groups in total. The lowest BCUT2D eigenvalue weighted by Gasteiger charge is -2.04. The Bertz CT molecular complexity index is 534. The summed E-state index contributed by atoms with van der Waals surface area (Å²) in [6.45, 7) is 6.56. The number of hydrogen-bond acceptors (Lipinski definition) is 9. The second kappa shape index (κ2) is 24.7. The number of carbonyl (C=O) groups is 4. The van der Waals surface area contributed by atoms with Gasteiger partial charge in [0, 0.05) is 38.0 Å². The molecule has 9 nitrogen and oxygen atoms in total. The molecule has 1 aliphatic rings. The molecule has 1 rings (SSSR count). The summed E-state index contributed by atoms with van der Waals surface area (Å²) in [4.78, 5) is 42.5. The summed E-state index contributed by atoms with van der Waals surface area (Å²) in [5, 5.41) is 16.6. The van der Waals surface area contributed by atoms with Crippen LogP contribution in [0.25, 0.3) is 0 Å². The molecule has 0 spiro atoms. The number of unbranched alkanes of at least 4 members (excludes halogenated alkanes) is 2. The number of hydrogen-bond donors (Lipinski definition) is 2. The van der Waals surface area contributed by atoms with Crippen LogP contribution in [0.2, 0.25) is 0 Å². The van der Waals surface area contributed by atoms with Crippen LogP contribution in [-0.4, -0.2) is 66.9 Å². The standard InChI is InChI=1S/C11H18O5.C7H12O.C5H8O3/c1-2-10(13)15-8-9-16-11(14)6-4-3-5-7-12;8-7-5-3-1-2-4-6-7;1-2-5(7)8-4-3-6/h2,12H,1,3-9H2;1-6H2;2,6H,1,3-4H2. The van der Waals surface area contributed by atoms with Crippen LogP contribution in [0.4, 0.5) is 0 Å². The number of carbonyl (C=O) groups excluding carboxylic acids is 4. The van der Waals surface area contributed by atoms with E-state index in [-0.39, 0.29) is 39.0 Å². The lowest BCUT2D eigenvalue weighted by molar-refractivity contribution is -0.149. The van der Waals surface area contributed by atoms with Gasteiger partial charge in [-0.2, -0.15) is 0 Å². The maximum absolute atomic E-state index is 11.1. The molecule has 1 fully saturated rings. The summed E-state index contributed by atoms with van der Waals surface area (Å²) in [5.74, 6) is -0.867. The van der Waals surface area contributed by atoms with E-state index < -0.39 is 11.9 Å². The third-order valence-electron chi connectivity index (χ3n) is 3.96. The fraction of sp³-hybridized carbons (Fsp3) is 0.652. The average Bonchev–Trinajstić information content (AvgIpc) is 3.06. The predicted molar refractivity (Wildman–Crippen MR) is 119 cm³/mol. The third kappa shape index (κ3) is 25.5. The van der Waals surface area contributed by atoms with E-state index in [1.807, 2.05) is 0 Å². The zero-order chi connectivity index (χ0) is 24.5. The van der Waals surface area contributed by atoms with Crippen molar-refractivity contribution in [1.29, 1.82) is 0 Å². The number of Topliss-reactive ketones (excluding diaryl/α,β-unsaturated/α-hetero) is 1. The molecule has 0 saturated heterocycles. The van der Waals surface area contributed by atoms with Crippen molar-refractivity contribution in [3.63, 3.8) is 0 Å². The average molecular weight is 459 g/mol. The quantitative estimate of drug-likeness (QED) is 0.148. The topological polar surface area (TPSA) is 136 Å². The first kappa shape index (κ1) is 31.7. The van der Waals surface area contributed by atoms with Crippen LogP contribution in [-0.2, 0) is 33.4 Å². The van der Waals surface area contributed by atoms with Gasteiger partial charge in [0.1, 0.15) is 25.6 Å². The van der Waals surface area contributed by atoms with E-state index in [1.54, 1.807) is 0 Å². The van der Waals surface area contributed by atoms with Crippen LogP contribution in [0.5, 0.6) is 0 Å². The van der Waals surface area contributed by atoms with E-state index >= 15 is 0 Å². The summed E-state index contributed by atoms with van der Waals surface area (Å²) in [5.41, 5.74) is 0. The van der Waals surface area contributed by atoms with Crippen LogP contribution < -0.4 is 0 Å². The number of aliphatic hydroxyl groups is 2. The molecule has 184 valence electrons. The van der Waals surface area contributed by atoms with Gasteiger partial charge >= 0.3 is 17.9 Å². The molecule has 0 aromatic heterocycles. The third-order valence-corrected chi connectivity index (χ3v) is 3.96. The lowest BCUT2D eigenvalue weighted by Crippen LogP contribution is -2.12. The van der Waals surface area contributed by atoms with Crippen LogP contribution in [0, 0.1) is 0 Å². The van der Waals surface area contributed by atoms with Gasteiger partial charge in [0.25, 0.3) is 0 Å². The summed E-state index contributed by atoms with van der Waals surface area (Å²) >= 11 is 0. The van der Waals surface area contributed by atoms with Gasteiger partial charge in [-0.25, -0.2) is 9.59 Å². The molecule has 0 heterocycles. The van der Waals surface area contributed by atoms with E-state index in [9.17, 15) is 19.2 Å². The predicted octanol–water partition coefficient (Wildman–Crippen LogP) is 2.43. The molecule has 32 heavy (non-hydrogen) atoms. The molecule has 0 bridgehead atoms. The highest BCUT2D eigenvalue weighted by Crippen LogP contribution is 2.12. The van der Waals surface area contributed by atoms with Crippen LogP contribution in [0.15, 0.2) is 25.3 Å². The first-order chi connectivity index (χ1) is 15.4. The SMILES string of the molecule is C=CC(=O)OCCO.C=CC(=O)OCCOC(=O)CCCCCO.O=C1CCCCCC1. The van der Waals surface area contributed by atoms with Crippen molar-refractivity contribution in [1.82, 2.24) is 0 Å². The van der Waals surface area contributed by atoms with E-state index in [2.05, 4.69) is 22.6 Å². The van der Waals surface area contributed by atoms with Gasteiger partial charge in [0.05, 0.1) is 6.61 Å². The van der Waals surface area contributed by atoms with Gasteiger partial charge in [-0.3, -0.25) is 9.59 Å². The summed E-state index contributed by atoms with van der Waals surface area (Å²) in [7, 11) is 0. The Labute approximate surface area is 190 Å². The van der Waals surface area contributed by atoms with Crippen molar-refractivity contribution >= 4 is 23.7 Å². The fourth-order valence-electron chi connectivity index (χ4n) is 2.31. The Morgan fingerprint density at radius 1 is 0.750 bits per heavy atom. The monoisotopic (exact) mass is 458 g/mol. The van der Waals surface area contributed by atoms with Gasteiger partial charge in [-0.1, -0.05) is 32.4 Å². The molecule has 0 aliphatic heterocycles. The first-order valence-electron chi connectivity index (χ1n) is 10.9. The minimum atomic E-state index is -0.529. The number of esters is 3. The van der Waals surface area contributed by atoms with Crippen molar-refractivity contribution in [3.05, 3.63) is 25.3 Å². The van der Waals surface area contributed by atoms with E-state index in [4.69, 9.17) is 14.9 Å². The summed E-state index contributed by atoms with van der Waals surface area (Å²) in [6, 6.07) is 0. The van der Waals surface area contributed by atoms with Crippen molar-refractivity contribution in [2.75, 3.05) is 33.0 Å². The van der Waals surface area contributed by atoms with Crippen molar-refractivity contribution in [2.45, 2.75) is 64.2 Å². The smallest absolute Gasteiger partial charge is 0.330 e. The highest BCUT2D eigenvalue weighted by molar-refractivity contribution is 5.81. The zero-order valence-corrected chi connectivity index (χ0v) is 18.9. The minimum absolute atomic E-state index is 0.0465. The number of aliphatic hydroxyl groups excluding tert-OH is 2. The Balaban J connectivity index is 0. The largest absolute Gasteiger partial charge is 0.462 e. The fourth-order valence-corrected chi connectivity index (χ4v) is 2.31. The summed E-state index contributed by atoms with van der Waals surface area (Å²) < 4.78 is 13.8. The summed E-state index contributed by atoms with van der Waals surface area (Å²) in [6.07, 6.45) is 11.1. The van der Waals surface area contributed by atoms with E-state index in [0.29, 0.717) is 25.0 Å². The Kier molecular flexibility index (Phi) is 24.5. The molecule has 9 heteroatoms. The van der Waals surface area contributed by atoms with E-state index in [0.717, 1.165) is 44.3 Å². The van der Waals surface area contributed by atoms with Crippen LogP contribution in [0.1, 0.15) is 64.2 Å². The Morgan fingerprint density at radius 3 is 1.78 bits per heavy atom. The van der Waals surface area contributed by atoms with Crippen molar-refractivity contribution in [3.8, 4) is 0 Å². The lowest BCUT2D eigenvalue weighted by atomic mass is 10.2. The second-order valence-electron chi connectivity index (χ2n) is 6.67. The number of ether oxygens (including phenoxy) is 3. The highest BCUT2D eigenvalue weighted by atomic mass is 16.6. The van der Waals surface area contributed by atoms with Gasteiger partial charge in [0.2, 0.25) is 0 Å². The van der Waals surface area contributed by atoms with Crippen LogP contribution >= 0.6 is 0 Å². The normalized spacial score (nSPS) is 12.5. The zero-order valence-electron chi connectivity index (χ0n) is 18.9. The number of ketones is 1. The Hall–Kier alpha value is -2.52. The molecule has 0 radical (unpaired) electrons. The van der Waals surface area contributed by atoms with Crippen LogP contribution in [0.3, 0.4) is 0 Å². The highest BCUT2D eigenvalue weighted by Gasteiger charge is 2.05.